The average Bonchev–Trinajstić information content (AvgIpc) is 2.56. The van der Waals surface area contributed by atoms with E-state index in [1.807, 2.05) is 0 Å². The first-order chi connectivity index (χ1) is 11.1. The molecule has 0 heterocycles. The van der Waals surface area contributed by atoms with Crippen molar-refractivity contribution >= 4 is 11.8 Å². The van der Waals surface area contributed by atoms with Gasteiger partial charge >= 0.3 is 0 Å². The molecule has 0 aromatic heterocycles. The van der Waals surface area contributed by atoms with Crippen molar-refractivity contribution in [3.8, 4) is 0 Å². The Morgan fingerprint density at radius 3 is 1.39 bits per heavy atom. The Bertz CT molecular complexity index is 594. The molecule has 2 rings (SSSR count). The van der Waals surface area contributed by atoms with Crippen LogP contribution in [0.25, 0.3) is 0 Å². The van der Waals surface area contributed by atoms with Gasteiger partial charge in [-0.3, -0.25) is 20.2 Å². The molecule has 6 nitrogen and oxygen atoms in total. The van der Waals surface area contributed by atoms with Gasteiger partial charge in [0, 0.05) is 21.0 Å². The lowest BCUT2D eigenvalue weighted by atomic mass is 10.1. The normalized spacial score (nSPS) is 13.2. The van der Waals surface area contributed by atoms with Crippen molar-refractivity contribution in [3.63, 3.8) is 0 Å². The molecule has 0 amide bonds. The topological polar surface area (TPSA) is 86.3 Å². The molecular weight excluding hydrogens is 316 g/mol. The van der Waals surface area contributed by atoms with E-state index in [0.29, 0.717) is 11.1 Å². The van der Waals surface area contributed by atoms with E-state index in [1.165, 1.54) is 11.8 Å². The SMILES string of the molecule is O=[N+]([O-])C(CSCC(c1ccccc1)[N+](=O)[O-])c1ccccc1. The number of hydrogen-bond acceptors (Lipinski definition) is 5. The van der Waals surface area contributed by atoms with Crippen LogP contribution in [-0.2, 0) is 0 Å². The molecule has 0 aliphatic heterocycles. The van der Waals surface area contributed by atoms with Crippen LogP contribution < -0.4 is 0 Å². The van der Waals surface area contributed by atoms with Crippen molar-refractivity contribution in [2.24, 2.45) is 0 Å². The summed E-state index contributed by atoms with van der Waals surface area (Å²) in [6.07, 6.45) is 0. The van der Waals surface area contributed by atoms with Crippen molar-refractivity contribution < 1.29 is 9.85 Å². The van der Waals surface area contributed by atoms with Crippen LogP contribution in [0.3, 0.4) is 0 Å². The fourth-order valence-corrected chi connectivity index (χ4v) is 3.41. The van der Waals surface area contributed by atoms with Crippen LogP contribution in [-0.4, -0.2) is 21.4 Å². The lowest BCUT2D eigenvalue weighted by Crippen LogP contribution is -2.17. The standard InChI is InChI=1S/C16H16N2O4S/c19-17(20)15(13-7-3-1-4-8-13)11-23-12-16(18(21)22)14-9-5-2-6-10-14/h1-10,15-16H,11-12H2. The van der Waals surface area contributed by atoms with E-state index >= 15 is 0 Å². The lowest BCUT2D eigenvalue weighted by molar-refractivity contribution is -0.524. The van der Waals surface area contributed by atoms with Crippen LogP contribution in [0, 0.1) is 20.2 Å². The maximum absolute atomic E-state index is 11.2. The third kappa shape index (κ3) is 4.79. The quantitative estimate of drug-likeness (QED) is 0.542. The molecule has 0 saturated heterocycles. The number of rotatable bonds is 8. The third-order valence-electron chi connectivity index (χ3n) is 3.43. The fourth-order valence-electron chi connectivity index (χ4n) is 2.20. The Morgan fingerprint density at radius 1 is 0.739 bits per heavy atom. The lowest BCUT2D eigenvalue weighted by Gasteiger charge is -2.12. The largest absolute Gasteiger partial charge is 0.264 e. The summed E-state index contributed by atoms with van der Waals surface area (Å²) in [7, 11) is 0. The zero-order valence-corrected chi connectivity index (χ0v) is 13.1. The number of nitro groups is 2. The molecule has 0 aliphatic rings. The second-order valence-electron chi connectivity index (χ2n) is 4.96. The predicted molar refractivity (Wildman–Crippen MR) is 89.7 cm³/mol. The van der Waals surface area contributed by atoms with Crippen LogP contribution in [0.15, 0.2) is 60.7 Å². The van der Waals surface area contributed by atoms with Gasteiger partial charge in [-0.15, -0.1) is 11.8 Å². The Labute approximate surface area is 137 Å². The number of hydrogen-bond donors (Lipinski definition) is 0. The first kappa shape index (κ1) is 17.0. The van der Waals surface area contributed by atoms with E-state index in [1.54, 1.807) is 60.7 Å². The summed E-state index contributed by atoms with van der Waals surface area (Å²) >= 11 is 1.23. The summed E-state index contributed by atoms with van der Waals surface area (Å²) in [5.74, 6) is 0.405. The second kappa shape index (κ2) is 8.28. The van der Waals surface area contributed by atoms with Crippen LogP contribution >= 0.6 is 11.8 Å². The molecule has 7 heteroatoms. The summed E-state index contributed by atoms with van der Waals surface area (Å²) in [5.41, 5.74) is 1.23. The molecule has 0 fully saturated rings. The minimum absolute atomic E-state index is 0.203. The molecule has 120 valence electrons. The highest BCUT2D eigenvalue weighted by molar-refractivity contribution is 7.99. The highest BCUT2D eigenvalue weighted by Gasteiger charge is 2.26. The zero-order valence-electron chi connectivity index (χ0n) is 12.3. The van der Waals surface area contributed by atoms with Crippen LogP contribution in [0.2, 0.25) is 0 Å². The average molecular weight is 332 g/mol. The fraction of sp³-hybridized carbons (Fsp3) is 0.250. The summed E-state index contributed by atoms with van der Waals surface area (Å²) in [5, 5.41) is 22.5. The van der Waals surface area contributed by atoms with Gasteiger partial charge in [-0.25, -0.2) is 0 Å². The predicted octanol–water partition coefficient (Wildman–Crippen LogP) is 3.76. The Balaban J connectivity index is 2.01. The molecule has 0 aliphatic carbocycles. The van der Waals surface area contributed by atoms with E-state index < -0.39 is 12.1 Å². The molecule has 23 heavy (non-hydrogen) atoms. The van der Waals surface area contributed by atoms with Gasteiger partial charge in [-0.1, -0.05) is 60.7 Å². The number of benzene rings is 2. The second-order valence-corrected chi connectivity index (χ2v) is 6.04. The van der Waals surface area contributed by atoms with Crippen molar-refractivity contribution in [1.29, 1.82) is 0 Å². The van der Waals surface area contributed by atoms with E-state index in [4.69, 9.17) is 0 Å². The molecule has 0 radical (unpaired) electrons. The Hall–Kier alpha value is -2.41. The summed E-state index contributed by atoms with van der Waals surface area (Å²) in [6, 6.07) is 15.7. The first-order valence-electron chi connectivity index (χ1n) is 7.04. The number of nitrogens with zero attached hydrogens (tertiary/aromatic N) is 2. The maximum Gasteiger partial charge on any atom is 0.246 e. The molecule has 0 bridgehead atoms. The molecule has 0 N–H and O–H groups in total. The van der Waals surface area contributed by atoms with E-state index in [-0.39, 0.29) is 21.4 Å². The summed E-state index contributed by atoms with van der Waals surface area (Å²) in [4.78, 5) is 21.8. The molecule has 2 aromatic rings. The Morgan fingerprint density at radius 2 is 1.09 bits per heavy atom. The monoisotopic (exact) mass is 332 g/mol. The highest BCUT2D eigenvalue weighted by Crippen LogP contribution is 2.26. The van der Waals surface area contributed by atoms with Crippen molar-refractivity contribution in [3.05, 3.63) is 92.0 Å². The minimum Gasteiger partial charge on any atom is -0.264 e. The van der Waals surface area contributed by atoms with Gasteiger partial charge < -0.3 is 0 Å². The molecule has 2 unspecified atom stereocenters. The highest BCUT2D eigenvalue weighted by atomic mass is 32.2. The Kier molecular flexibility index (Phi) is 6.10. The van der Waals surface area contributed by atoms with Crippen molar-refractivity contribution in [2.75, 3.05) is 11.5 Å². The molecular formula is C16H16N2O4S. The summed E-state index contributed by atoms with van der Waals surface area (Å²) in [6.45, 7) is 0. The minimum atomic E-state index is -0.857. The van der Waals surface area contributed by atoms with Gasteiger partial charge in [0.15, 0.2) is 0 Å². The first-order valence-corrected chi connectivity index (χ1v) is 8.19. The van der Waals surface area contributed by atoms with Gasteiger partial charge in [0.05, 0.1) is 11.5 Å². The summed E-state index contributed by atoms with van der Waals surface area (Å²) < 4.78 is 0. The smallest absolute Gasteiger partial charge is 0.246 e. The van der Waals surface area contributed by atoms with Gasteiger partial charge in [-0.05, 0) is 0 Å². The van der Waals surface area contributed by atoms with Gasteiger partial charge in [-0.2, -0.15) is 0 Å². The van der Waals surface area contributed by atoms with Gasteiger partial charge in [0.1, 0.15) is 0 Å². The van der Waals surface area contributed by atoms with Crippen molar-refractivity contribution in [2.45, 2.75) is 12.1 Å². The van der Waals surface area contributed by atoms with Crippen molar-refractivity contribution in [1.82, 2.24) is 0 Å². The van der Waals surface area contributed by atoms with Gasteiger partial charge in [0.2, 0.25) is 12.1 Å². The van der Waals surface area contributed by atoms with Crippen LogP contribution in [0.5, 0.6) is 0 Å². The van der Waals surface area contributed by atoms with Crippen LogP contribution in [0.1, 0.15) is 23.2 Å². The third-order valence-corrected chi connectivity index (χ3v) is 4.53. The van der Waals surface area contributed by atoms with E-state index in [9.17, 15) is 20.2 Å². The maximum atomic E-state index is 11.2. The molecule has 0 spiro atoms. The molecule has 2 aromatic carbocycles. The van der Waals surface area contributed by atoms with E-state index in [0.717, 1.165) is 0 Å². The molecule has 2 atom stereocenters. The van der Waals surface area contributed by atoms with Gasteiger partial charge in [0.25, 0.3) is 0 Å². The van der Waals surface area contributed by atoms with E-state index in [2.05, 4.69) is 0 Å². The zero-order chi connectivity index (χ0) is 16.7. The van der Waals surface area contributed by atoms with Crippen LogP contribution in [0.4, 0.5) is 0 Å². The molecule has 0 saturated carbocycles. The number of thioether (sulfide) groups is 1.